The van der Waals surface area contributed by atoms with Crippen molar-refractivity contribution >= 4 is 27.5 Å². The summed E-state index contributed by atoms with van der Waals surface area (Å²) < 4.78 is 32.0. The van der Waals surface area contributed by atoms with E-state index in [0.29, 0.717) is 17.0 Å². The van der Waals surface area contributed by atoms with Crippen molar-refractivity contribution in [1.29, 1.82) is 0 Å². The van der Waals surface area contributed by atoms with E-state index in [1.54, 1.807) is 0 Å². The fraction of sp³-hybridized carbons (Fsp3) is 0.500. The Labute approximate surface area is 113 Å². The molecule has 0 fully saturated rings. The van der Waals surface area contributed by atoms with Crippen LogP contribution < -0.4 is 4.74 Å². The van der Waals surface area contributed by atoms with Crippen LogP contribution in [0.1, 0.15) is 25.7 Å². The third-order valence-electron chi connectivity index (χ3n) is 2.25. The van der Waals surface area contributed by atoms with Crippen molar-refractivity contribution < 1.29 is 13.5 Å². The number of alkyl halides is 1. The first-order valence-electron chi connectivity index (χ1n) is 5.48. The van der Waals surface area contributed by atoms with Crippen LogP contribution in [0.15, 0.2) is 16.6 Å². The molecule has 17 heavy (non-hydrogen) atoms. The van der Waals surface area contributed by atoms with Gasteiger partial charge in [0.05, 0.1) is 6.61 Å². The Hall–Kier alpha value is -0.350. The topological polar surface area (TPSA) is 9.23 Å². The summed E-state index contributed by atoms with van der Waals surface area (Å²) in [6.45, 7) is 0.384. The van der Waals surface area contributed by atoms with Crippen LogP contribution in [0.4, 0.5) is 8.78 Å². The Morgan fingerprint density at radius 2 is 1.82 bits per heavy atom. The van der Waals surface area contributed by atoms with Gasteiger partial charge in [-0.25, -0.2) is 4.39 Å². The maximum Gasteiger partial charge on any atom is 0.200 e. The number of ether oxygens (including phenoxy) is 1. The Kier molecular flexibility index (Phi) is 6.82. The second kappa shape index (κ2) is 7.88. The zero-order chi connectivity index (χ0) is 12.7. The second-order valence-electron chi connectivity index (χ2n) is 3.65. The molecule has 0 atom stereocenters. The van der Waals surface area contributed by atoms with E-state index in [0.717, 1.165) is 31.7 Å². The summed E-state index contributed by atoms with van der Waals surface area (Å²) in [5.41, 5.74) is 0. The van der Waals surface area contributed by atoms with Gasteiger partial charge in [0.2, 0.25) is 5.82 Å². The average Bonchev–Trinajstić information content (AvgIpc) is 2.29. The van der Waals surface area contributed by atoms with Crippen LogP contribution in [0.3, 0.4) is 0 Å². The zero-order valence-corrected chi connectivity index (χ0v) is 11.7. The molecule has 0 aliphatic carbocycles. The fourth-order valence-corrected chi connectivity index (χ4v) is 1.97. The van der Waals surface area contributed by atoms with Gasteiger partial charge in [0.1, 0.15) is 0 Å². The molecule has 0 N–H and O–H groups in total. The summed E-state index contributed by atoms with van der Waals surface area (Å²) in [7, 11) is 0. The van der Waals surface area contributed by atoms with Crippen molar-refractivity contribution in [3.8, 4) is 5.75 Å². The molecule has 0 spiro atoms. The van der Waals surface area contributed by atoms with E-state index in [-0.39, 0.29) is 5.75 Å². The lowest BCUT2D eigenvalue weighted by molar-refractivity contribution is 0.285. The van der Waals surface area contributed by atoms with E-state index in [2.05, 4.69) is 15.9 Å². The normalized spacial score (nSPS) is 10.6. The highest BCUT2D eigenvalue weighted by Crippen LogP contribution is 2.25. The van der Waals surface area contributed by atoms with Gasteiger partial charge in [-0.2, -0.15) is 4.39 Å². The maximum atomic E-state index is 13.3. The predicted octanol–water partition coefficient (Wildman–Crippen LogP) is 4.91. The molecule has 96 valence electrons. The summed E-state index contributed by atoms with van der Waals surface area (Å²) in [5.74, 6) is -1.23. The number of hydrogen-bond acceptors (Lipinski definition) is 1. The first kappa shape index (κ1) is 14.7. The highest BCUT2D eigenvalue weighted by molar-refractivity contribution is 9.10. The van der Waals surface area contributed by atoms with Gasteiger partial charge < -0.3 is 4.74 Å². The summed E-state index contributed by atoms with van der Waals surface area (Å²) in [6, 6.07) is 2.50. The third kappa shape index (κ3) is 5.21. The minimum atomic E-state index is -0.936. The Balaban J connectivity index is 2.36. The predicted molar refractivity (Wildman–Crippen MR) is 68.7 cm³/mol. The van der Waals surface area contributed by atoms with Crippen molar-refractivity contribution in [2.75, 3.05) is 12.5 Å². The molecule has 0 radical (unpaired) electrons. The molecule has 0 amide bonds. The lowest BCUT2D eigenvalue weighted by Crippen LogP contribution is -2.01. The van der Waals surface area contributed by atoms with Crippen LogP contribution in [-0.2, 0) is 0 Å². The smallest absolute Gasteiger partial charge is 0.200 e. The molecule has 0 aromatic heterocycles. The standard InChI is InChI=1S/C12H14BrClF2O/c13-9-7-10(15)12(16)11(8-9)17-6-4-2-1-3-5-14/h7-8H,1-6H2. The van der Waals surface area contributed by atoms with Crippen molar-refractivity contribution in [2.24, 2.45) is 0 Å². The molecule has 0 saturated heterocycles. The van der Waals surface area contributed by atoms with Crippen LogP contribution >= 0.6 is 27.5 Å². The highest BCUT2D eigenvalue weighted by atomic mass is 79.9. The van der Waals surface area contributed by atoms with E-state index < -0.39 is 11.6 Å². The molecule has 0 bridgehead atoms. The second-order valence-corrected chi connectivity index (χ2v) is 4.95. The van der Waals surface area contributed by atoms with E-state index in [1.165, 1.54) is 6.07 Å². The Morgan fingerprint density at radius 3 is 2.53 bits per heavy atom. The van der Waals surface area contributed by atoms with E-state index in [4.69, 9.17) is 16.3 Å². The fourth-order valence-electron chi connectivity index (χ4n) is 1.37. The molecule has 0 unspecified atom stereocenters. The zero-order valence-electron chi connectivity index (χ0n) is 9.32. The number of rotatable bonds is 7. The number of benzene rings is 1. The van der Waals surface area contributed by atoms with Gasteiger partial charge in [-0.1, -0.05) is 28.8 Å². The Morgan fingerprint density at radius 1 is 1.12 bits per heavy atom. The SMILES string of the molecule is Fc1cc(Br)cc(OCCCCCCCl)c1F. The van der Waals surface area contributed by atoms with Gasteiger partial charge in [0, 0.05) is 10.4 Å². The summed E-state index contributed by atoms with van der Waals surface area (Å²) in [5, 5.41) is 0. The van der Waals surface area contributed by atoms with Crippen molar-refractivity contribution in [2.45, 2.75) is 25.7 Å². The first-order valence-corrected chi connectivity index (χ1v) is 6.81. The third-order valence-corrected chi connectivity index (χ3v) is 2.97. The van der Waals surface area contributed by atoms with Crippen LogP contribution in [0.5, 0.6) is 5.75 Å². The number of hydrogen-bond donors (Lipinski definition) is 0. The van der Waals surface area contributed by atoms with Gasteiger partial charge in [-0.3, -0.25) is 0 Å². The van der Waals surface area contributed by atoms with Gasteiger partial charge in [-0.05, 0) is 25.0 Å². The Bertz CT molecular complexity index is 361. The molecule has 1 rings (SSSR count). The van der Waals surface area contributed by atoms with Gasteiger partial charge in [-0.15, -0.1) is 11.6 Å². The molecule has 5 heteroatoms. The molecule has 1 aromatic carbocycles. The minimum absolute atomic E-state index is 0.0470. The first-order chi connectivity index (χ1) is 8.15. The molecule has 0 heterocycles. The maximum absolute atomic E-state index is 13.3. The minimum Gasteiger partial charge on any atom is -0.490 e. The van der Waals surface area contributed by atoms with Gasteiger partial charge in [0.25, 0.3) is 0 Å². The molecule has 0 saturated carbocycles. The van der Waals surface area contributed by atoms with Crippen LogP contribution in [0.25, 0.3) is 0 Å². The molecule has 1 nitrogen and oxygen atoms in total. The number of unbranched alkanes of at least 4 members (excludes halogenated alkanes) is 3. The lowest BCUT2D eigenvalue weighted by atomic mass is 10.2. The van der Waals surface area contributed by atoms with Crippen molar-refractivity contribution in [3.05, 3.63) is 28.2 Å². The van der Waals surface area contributed by atoms with Crippen LogP contribution in [0.2, 0.25) is 0 Å². The molecular weight excluding hydrogens is 313 g/mol. The summed E-state index contributed by atoms with van der Waals surface area (Å²) in [4.78, 5) is 0. The van der Waals surface area contributed by atoms with Crippen molar-refractivity contribution in [1.82, 2.24) is 0 Å². The quantitative estimate of drug-likeness (QED) is 0.393. The number of halogens is 4. The van der Waals surface area contributed by atoms with Gasteiger partial charge in [0.15, 0.2) is 11.6 Å². The average molecular weight is 328 g/mol. The summed E-state index contributed by atoms with van der Waals surface area (Å²) >= 11 is 8.63. The lowest BCUT2D eigenvalue weighted by Gasteiger charge is -2.08. The molecule has 0 aliphatic rings. The largest absolute Gasteiger partial charge is 0.490 e. The van der Waals surface area contributed by atoms with Crippen LogP contribution in [-0.4, -0.2) is 12.5 Å². The van der Waals surface area contributed by atoms with Crippen LogP contribution in [0, 0.1) is 11.6 Å². The summed E-state index contributed by atoms with van der Waals surface area (Å²) in [6.07, 6.45) is 3.79. The molecular formula is C12H14BrClF2O. The monoisotopic (exact) mass is 326 g/mol. The van der Waals surface area contributed by atoms with E-state index >= 15 is 0 Å². The van der Waals surface area contributed by atoms with E-state index in [9.17, 15) is 8.78 Å². The van der Waals surface area contributed by atoms with Crippen molar-refractivity contribution in [3.63, 3.8) is 0 Å². The van der Waals surface area contributed by atoms with Gasteiger partial charge >= 0.3 is 0 Å². The molecule has 0 aliphatic heterocycles. The highest BCUT2D eigenvalue weighted by Gasteiger charge is 2.10. The molecule has 1 aromatic rings. The van der Waals surface area contributed by atoms with E-state index in [1.807, 2.05) is 0 Å².